The normalized spacial score (nSPS) is 12.4. The first-order valence-electron chi connectivity index (χ1n) is 11.0. The van der Waals surface area contributed by atoms with Crippen LogP contribution in [-0.2, 0) is 13.0 Å². The molecule has 0 heterocycles. The van der Waals surface area contributed by atoms with Gasteiger partial charge in [0.2, 0.25) is 8.32 Å². The lowest BCUT2D eigenvalue weighted by atomic mass is 10.4. The van der Waals surface area contributed by atoms with E-state index in [1.165, 1.54) is 5.19 Å². The summed E-state index contributed by atoms with van der Waals surface area (Å²) in [7, 11) is -2.72. The van der Waals surface area contributed by atoms with E-state index >= 15 is 0 Å². The molecular formula is C22H53ClO3Si5. The third-order valence-electron chi connectivity index (χ3n) is 3.20. The molecule has 31 heavy (non-hydrogen) atoms. The van der Waals surface area contributed by atoms with Crippen LogP contribution in [-0.4, -0.2) is 54.9 Å². The van der Waals surface area contributed by atoms with E-state index in [1.54, 1.807) is 14.2 Å². The number of benzene rings is 1. The standard InChI is InChI=1S/C9H14OSi.C6H18OSi2.C4H12OSi.C3H9ClSi/c1-10-11(2,3)9-7-5-4-6-8-9;1-8(2,3)7-9(4,5)6;1-5-6(2,3)4;1-5(2,3)4/h4-8H,1-3H3;1-6H3;1-4H3;1-3H3. The van der Waals surface area contributed by atoms with E-state index in [-0.39, 0.29) is 0 Å². The van der Waals surface area contributed by atoms with E-state index in [2.05, 4.69) is 116 Å². The fourth-order valence-electron chi connectivity index (χ4n) is 1.88. The Labute approximate surface area is 205 Å². The Morgan fingerprint density at radius 1 is 0.548 bits per heavy atom. The van der Waals surface area contributed by atoms with Crippen molar-refractivity contribution in [3.8, 4) is 0 Å². The Hall–Kier alpha value is 0.474. The summed E-state index contributed by atoms with van der Waals surface area (Å²) in [6, 6.07) is 10.4. The molecule has 0 bridgehead atoms. The fourth-order valence-corrected chi connectivity index (χ4v) is 10.5. The first kappa shape index (κ1) is 36.1. The van der Waals surface area contributed by atoms with E-state index in [0.29, 0.717) is 0 Å². The average molecular weight is 542 g/mol. The van der Waals surface area contributed by atoms with Gasteiger partial charge in [-0.3, -0.25) is 0 Å². The summed E-state index contributed by atoms with van der Waals surface area (Å²) < 4.78 is 16.4. The largest absolute Gasteiger partial charge is 0.456 e. The van der Waals surface area contributed by atoms with Crippen LogP contribution in [0.25, 0.3) is 0 Å². The topological polar surface area (TPSA) is 27.7 Å². The molecule has 0 saturated heterocycles. The van der Waals surface area contributed by atoms with Crippen molar-refractivity contribution in [1.29, 1.82) is 0 Å². The second-order valence-corrected chi connectivity index (χ2v) is 37.2. The first-order chi connectivity index (χ1) is 13.4. The van der Waals surface area contributed by atoms with Crippen molar-refractivity contribution in [1.82, 2.24) is 0 Å². The smallest absolute Gasteiger partial charge is 0.217 e. The van der Waals surface area contributed by atoms with Gasteiger partial charge >= 0.3 is 0 Å². The van der Waals surface area contributed by atoms with Gasteiger partial charge in [0.25, 0.3) is 0 Å². The van der Waals surface area contributed by atoms with Crippen molar-refractivity contribution in [3.05, 3.63) is 30.3 Å². The molecule has 0 amide bonds. The van der Waals surface area contributed by atoms with Crippen LogP contribution in [0.5, 0.6) is 0 Å². The Balaban J connectivity index is -0.000000355. The Morgan fingerprint density at radius 2 is 0.839 bits per heavy atom. The van der Waals surface area contributed by atoms with Crippen molar-refractivity contribution in [2.24, 2.45) is 0 Å². The van der Waals surface area contributed by atoms with Gasteiger partial charge in [-0.2, -0.15) is 11.1 Å². The van der Waals surface area contributed by atoms with E-state index in [4.69, 9.17) is 24.0 Å². The highest BCUT2D eigenvalue weighted by Gasteiger charge is 2.24. The molecule has 186 valence electrons. The molecule has 0 radical (unpaired) electrons. The van der Waals surface area contributed by atoms with Crippen LogP contribution in [0.15, 0.2) is 30.3 Å². The van der Waals surface area contributed by atoms with Gasteiger partial charge in [-0.15, -0.1) is 0 Å². The van der Waals surface area contributed by atoms with Crippen molar-refractivity contribution >= 4 is 56.9 Å². The lowest BCUT2D eigenvalue weighted by molar-refractivity contribution is 0.411. The van der Waals surface area contributed by atoms with Crippen molar-refractivity contribution in [2.75, 3.05) is 14.2 Å². The molecule has 0 fully saturated rings. The molecule has 0 aromatic heterocycles. The molecule has 0 spiro atoms. The molecule has 0 unspecified atom stereocenters. The number of hydrogen-bond donors (Lipinski definition) is 0. The van der Waals surface area contributed by atoms with Crippen molar-refractivity contribution < 1.29 is 13.0 Å². The van der Waals surface area contributed by atoms with E-state index in [1.807, 2.05) is 6.07 Å². The first-order valence-corrected chi connectivity index (χ1v) is 28.6. The maximum atomic E-state index is 5.90. The second-order valence-electron chi connectivity index (χ2n) is 11.8. The molecular weight excluding hydrogens is 488 g/mol. The van der Waals surface area contributed by atoms with Gasteiger partial charge in [0.05, 0.1) is 0 Å². The number of rotatable bonds is 5. The van der Waals surface area contributed by atoms with Gasteiger partial charge in [0.1, 0.15) is 7.38 Å². The van der Waals surface area contributed by atoms with Crippen LogP contribution in [0.2, 0.25) is 91.7 Å². The molecule has 0 aliphatic rings. The molecule has 0 aliphatic heterocycles. The highest BCUT2D eigenvalue weighted by Crippen LogP contribution is 2.12. The zero-order valence-corrected chi connectivity index (χ0v) is 29.2. The van der Waals surface area contributed by atoms with Crippen LogP contribution in [0.1, 0.15) is 0 Å². The quantitative estimate of drug-likeness (QED) is 0.280. The maximum absolute atomic E-state index is 5.90. The highest BCUT2D eigenvalue weighted by atomic mass is 35.6. The molecule has 0 N–H and O–H groups in total. The van der Waals surface area contributed by atoms with E-state index in [9.17, 15) is 0 Å². The number of hydrogen-bond acceptors (Lipinski definition) is 3. The molecule has 0 saturated carbocycles. The lowest BCUT2D eigenvalue weighted by Crippen LogP contribution is -2.43. The van der Waals surface area contributed by atoms with Gasteiger partial charge in [-0.05, 0) is 77.2 Å². The highest BCUT2D eigenvalue weighted by molar-refractivity contribution is 7.18. The summed E-state index contributed by atoms with van der Waals surface area (Å²) in [5.41, 5.74) is 0. The SMILES string of the molecule is CO[Si](C)(C)C.CO[Si](C)(C)c1ccccc1.C[Si](C)(C)Cl.C[Si](C)(C)O[Si](C)(C)C. The third kappa shape index (κ3) is 35.3. The predicted molar refractivity (Wildman–Crippen MR) is 158 cm³/mol. The third-order valence-corrected chi connectivity index (χ3v) is 12.1. The van der Waals surface area contributed by atoms with Crippen LogP contribution < -0.4 is 5.19 Å². The summed E-state index contributed by atoms with van der Waals surface area (Å²) in [5.74, 6) is 0. The average Bonchev–Trinajstić information content (AvgIpc) is 2.51. The van der Waals surface area contributed by atoms with Gasteiger partial charge < -0.3 is 13.0 Å². The molecule has 1 rings (SSSR count). The summed E-state index contributed by atoms with van der Waals surface area (Å²) in [6.07, 6.45) is 0. The van der Waals surface area contributed by atoms with Gasteiger partial charge in [0.15, 0.2) is 25.0 Å². The molecule has 1 aromatic carbocycles. The van der Waals surface area contributed by atoms with Gasteiger partial charge in [0, 0.05) is 14.2 Å². The second kappa shape index (κ2) is 15.4. The zero-order valence-electron chi connectivity index (χ0n) is 23.5. The molecule has 0 atom stereocenters. The Morgan fingerprint density at radius 3 is 1.00 bits per heavy atom. The van der Waals surface area contributed by atoms with Crippen LogP contribution in [0.4, 0.5) is 0 Å². The zero-order chi connectivity index (χ0) is 25.7. The summed E-state index contributed by atoms with van der Waals surface area (Å²) in [4.78, 5) is 0. The van der Waals surface area contributed by atoms with Crippen LogP contribution in [0.3, 0.4) is 0 Å². The Bertz CT molecular complexity index is 540. The number of halogens is 1. The summed E-state index contributed by atoms with van der Waals surface area (Å²) in [6.45, 7) is 30.6. The lowest BCUT2D eigenvalue weighted by Gasteiger charge is -2.27. The molecule has 1 aromatic rings. The van der Waals surface area contributed by atoms with Crippen LogP contribution in [0, 0.1) is 0 Å². The predicted octanol–water partition coefficient (Wildman–Crippen LogP) is 7.95. The molecule has 9 heteroatoms. The molecule has 0 aliphatic carbocycles. The van der Waals surface area contributed by atoms with Gasteiger partial charge in [-0.1, -0.05) is 50.0 Å². The molecule has 3 nitrogen and oxygen atoms in total. The van der Waals surface area contributed by atoms with E-state index in [0.717, 1.165) is 0 Å². The summed E-state index contributed by atoms with van der Waals surface area (Å²) >= 11 is 5.67. The maximum Gasteiger partial charge on any atom is 0.217 e. The minimum Gasteiger partial charge on any atom is -0.456 e. The van der Waals surface area contributed by atoms with E-state index < -0.39 is 40.7 Å². The van der Waals surface area contributed by atoms with Crippen LogP contribution >= 0.6 is 11.1 Å². The summed E-state index contributed by atoms with van der Waals surface area (Å²) in [5, 5.41) is 1.35. The van der Waals surface area contributed by atoms with Crippen molar-refractivity contribution in [3.63, 3.8) is 0 Å². The van der Waals surface area contributed by atoms with Gasteiger partial charge in [-0.25, -0.2) is 0 Å². The van der Waals surface area contributed by atoms with Crippen molar-refractivity contribution in [2.45, 2.75) is 91.7 Å². The minimum absolute atomic E-state index is 1.13. The Kier molecular flexibility index (Phi) is 17.9. The minimum atomic E-state index is -1.55. The fraction of sp³-hybridized carbons (Fsp3) is 0.727. The monoisotopic (exact) mass is 540 g/mol.